The lowest BCUT2D eigenvalue weighted by atomic mass is 10.2. The molecule has 0 unspecified atom stereocenters. The van der Waals surface area contributed by atoms with Crippen LogP contribution in [0.3, 0.4) is 0 Å². The zero-order valence-electron chi connectivity index (χ0n) is 10.1. The van der Waals surface area contributed by atoms with Gasteiger partial charge in [0.2, 0.25) is 0 Å². The molecule has 0 atom stereocenters. The van der Waals surface area contributed by atoms with Gasteiger partial charge in [-0.15, -0.1) is 0 Å². The molecule has 2 aromatic rings. The first-order valence-electron chi connectivity index (χ1n) is 5.60. The largest absolute Gasteiger partial charge is 0.319 e. The summed E-state index contributed by atoms with van der Waals surface area (Å²) in [5.74, 6) is -0.353. The van der Waals surface area contributed by atoms with Crippen LogP contribution in [0.2, 0.25) is 10.0 Å². The van der Waals surface area contributed by atoms with Crippen LogP contribution in [0.1, 0.15) is 10.4 Å². The molecule has 0 bridgehead atoms. The Morgan fingerprint density at radius 1 is 1.24 bits per heavy atom. The molecule has 106 valence electrons. The molecule has 1 amide bonds. The second-order valence-corrected chi connectivity index (χ2v) is 6.07. The van der Waals surface area contributed by atoms with Gasteiger partial charge in [-0.3, -0.25) is 4.79 Å². The Kier molecular flexibility index (Phi) is 4.08. The molecule has 0 saturated carbocycles. The maximum atomic E-state index is 12.3. The van der Waals surface area contributed by atoms with E-state index in [0.717, 1.165) is 11.4 Å². The van der Waals surface area contributed by atoms with Crippen molar-refractivity contribution >= 4 is 73.5 Å². The quantitative estimate of drug-likeness (QED) is 0.602. The molecule has 9 heteroatoms. The highest BCUT2D eigenvalue weighted by Gasteiger charge is 2.21. The van der Waals surface area contributed by atoms with E-state index in [1.807, 2.05) is 0 Å². The van der Waals surface area contributed by atoms with Gasteiger partial charge in [0, 0.05) is 6.20 Å². The van der Waals surface area contributed by atoms with Crippen molar-refractivity contribution in [3.8, 4) is 0 Å². The van der Waals surface area contributed by atoms with Gasteiger partial charge < -0.3 is 5.32 Å². The first kappa shape index (κ1) is 14.6. The number of halogens is 3. The molecule has 5 nitrogen and oxygen atoms in total. The normalized spacial score (nSPS) is 12.0. The predicted molar refractivity (Wildman–Crippen MR) is 87.9 cm³/mol. The smallest absolute Gasteiger partial charge is 0.258 e. The van der Waals surface area contributed by atoms with Gasteiger partial charge in [-0.1, -0.05) is 23.2 Å². The Hall–Kier alpha value is -1.28. The number of hydrogen-bond donors (Lipinski definition) is 1. The SMILES string of the molecule is O=C(Nc1c(Cl)cc(Cl)c2c1N=S=N2)c1cccnc1Br. The topological polar surface area (TPSA) is 66.7 Å². The third-order valence-electron chi connectivity index (χ3n) is 2.69. The molecule has 0 saturated heterocycles. The van der Waals surface area contributed by atoms with Crippen molar-refractivity contribution < 1.29 is 4.79 Å². The number of fused-ring (bicyclic) bond motifs is 1. The van der Waals surface area contributed by atoms with E-state index in [9.17, 15) is 4.79 Å². The second-order valence-electron chi connectivity index (χ2n) is 3.97. The van der Waals surface area contributed by atoms with Crippen LogP contribution in [0.15, 0.2) is 37.7 Å². The number of hydrogen-bond acceptors (Lipinski definition) is 4. The van der Waals surface area contributed by atoms with Gasteiger partial charge in [-0.25, -0.2) is 4.98 Å². The van der Waals surface area contributed by atoms with E-state index in [4.69, 9.17) is 23.2 Å². The van der Waals surface area contributed by atoms with E-state index in [1.165, 1.54) is 6.07 Å². The molecule has 0 aliphatic carbocycles. The van der Waals surface area contributed by atoms with Crippen LogP contribution in [-0.2, 0) is 11.4 Å². The van der Waals surface area contributed by atoms with Gasteiger partial charge >= 0.3 is 0 Å². The Morgan fingerprint density at radius 2 is 2.00 bits per heavy atom. The summed E-state index contributed by atoms with van der Waals surface area (Å²) in [6.45, 7) is 0. The molecule has 0 radical (unpaired) electrons. The molecule has 21 heavy (non-hydrogen) atoms. The number of amides is 1. The maximum Gasteiger partial charge on any atom is 0.258 e. The van der Waals surface area contributed by atoms with E-state index in [2.05, 4.69) is 35.0 Å². The number of nitrogens with zero attached hydrogens (tertiary/aromatic N) is 3. The van der Waals surface area contributed by atoms with Gasteiger partial charge in [0.05, 0.1) is 32.7 Å². The number of benzene rings is 1. The third-order valence-corrected chi connectivity index (χ3v) is 4.43. The number of carbonyl (C=O) groups excluding carboxylic acids is 1. The van der Waals surface area contributed by atoms with Crippen LogP contribution < -0.4 is 5.32 Å². The van der Waals surface area contributed by atoms with E-state index >= 15 is 0 Å². The fourth-order valence-electron chi connectivity index (χ4n) is 1.73. The fourth-order valence-corrected chi connectivity index (χ4v) is 3.32. The molecule has 1 aliphatic rings. The standard InChI is InChI=1S/C12H5BrCl2N4OS/c13-11-5(2-1-3-16-11)12(20)17-8-6(14)4-7(15)9-10(8)19-21-18-9/h1-4H,(H,17,20). The lowest BCUT2D eigenvalue weighted by Gasteiger charge is -2.11. The highest BCUT2D eigenvalue weighted by molar-refractivity contribution is 9.10. The van der Waals surface area contributed by atoms with Crippen LogP contribution in [0.4, 0.5) is 17.1 Å². The van der Waals surface area contributed by atoms with Crippen LogP contribution in [-0.4, -0.2) is 10.9 Å². The van der Waals surface area contributed by atoms with Gasteiger partial charge in [-0.2, -0.15) is 8.73 Å². The van der Waals surface area contributed by atoms with E-state index in [1.54, 1.807) is 18.3 Å². The van der Waals surface area contributed by atoms with E-state index in [0.29, 0.717) is 37.3 Å². The maximum absolute atomic E-state index is 12.3. The molecule has 0 fully saturated rings. The summed E-state index contributed by atoms with van der Waals surface area (Å²) in [5.41, 5.74) is 1.74. The molecular weight excluding hydrogens is 399 g/mol. The van der Waals surface area contributed by atoms with Crippen molar-refractivity contribution in [2.24, 2.45) is 8.73 Å². The molecular formula is C12H5BrCl2N4OS. The molecule has 1 aromatic carbocycles. The Balaban J connectivity index is 2.01. The minimum Gasteiger partial charge on any atom is -0.319 e. The van der Waals surface area contributed by atoms with E-state index in [-0.39, 0.29) is 5.91 Å². The Labute approximate surface area is 141 Å². The first-order valence-corrected chi connectivity index (χ1v) is 7.88. The van der Waals surface area contributed by atoms with Crippen molar-refractivity contribution in [1.82, 2.24) is 4.98 Å². The van der Waals surface area contributed by atoms with Gasteiger partial charge in [-0.05, 0) is 34.1 Å². The average molecular weight is 404 g/mol. The third kappa shape index (κ3) is 2.74. The minimum absolute atomic E-state index is 0.300. The summed E-state index contributed by atoms with van der Waals surface area (Å²) in [6, 6.07) is 4.84. The molecule has 2 heterocycles. The van der Waals surface area contributed by atoms with E-state index < -0.39 is 0 Å². The second kappa shape index (κ2) is 5.84. The molecule has 1 aromatic heterocycles. The van der Waals surface area contributed by atoms with Crippen molar-refractivity contribution in [3.63, 3.8) is 0 Å². The lowest BCUT2D eigenvalue weighted by Crippen LogP contribution is -2.13. The van der Waals surface area contributed by atoms with Crippen molar-refractivity contribution in [3.05, 3.63) is 44.6 Å². The van der Waals surface area contributed by atoms with Crippen LogP contribution in [0.5, 0.6) is 0 Å². The predicted octanol–water partition coefficient (Wildman–Crippen LogP) is 5.13. The highest BCUT2D eigenvalue weighted by Crippen LogP contribution is 2.47. The van der Waals surface area contributed by atoms with Crippen LogP contribution >= 0.6 is 39.1 Å². The first-order chi connectivity index (χ1) is 10.1. The van der Waals surface area contributed by atoms with Gasteiger partial charge in [0.1, 0.15) is 16.0 Å². The summed E-state index contributed by atoms with van der Waals surface area (Å²) in [5, 5.41) is 3.42. The van der Waals surface area contributed by atoms with Gasteiger partial charge in [0.15, 0.2) is 0 Å². The minimum atomic E-state index is -0.353. The summed E-state index contributed by atoms with van der Waals surface area (Å²) >= 11 is 16.4. The number of anilines is 1. The number of pyridine rings is 1. The van der Waals surface area contributed by atoms with Crippen molar-refractivity contribution in [2.45, 2.75) is 0 Å². The number of nitrogens with one attached hydrogen (secondary N) is 1. The summed E-state index contributed by atoms with van der Waals surface area (Å²) in [6.07, 6.45) is 1.58. The number of rotatable bonds is 2. The van der Waals surface area contributed by atoms with Crippen LogP contribution in [0, 0.1) is 0 Å². The van der Waals surface area contributed by atoms with Crippen molar-refractivity contribution in [1.29, 1.82) is 0 Å². The molecule has 1 N–H and O–H groups in total. The average Bonchev–Trinajstić information content (AvgIpc) is 2.93. The number of carbonyl (C=O) groups is 1. The molecule has 3 rings (SSSR count). The van der Waals surface area contributed by atoms with Gasteiger partial charge in [0.25, 0.3) is 5.91 Å². The molecule has 0 spiro atoms. The Bertz CT molecular complexity index is 836. The van der Waals surface area contributed by atoms with Crippen LogP contribution in [0.25, 0.3) is 0 Å². The van der Waals surface area contributed by atoms with Crippen molar-refractivity contribution in [2.75, 3.05) is 5.32 Å². The lowest BCUT2D eigenvalue weighted by molar-refractivity contribution is 0.102. The zero-order chi connectivity index (χ0) is 15.0. The monoisotopic (exact) mass is 402 g/mol. The zero-order valence-corrected chi connectivity index (χ0v) is 14.0. The molecule has 1 aliphatic heterocycles. The summed E-state index contributed by atoms with van der Waals surface area (Å²) in [4.78, 5) is 16.3. The summed E-state index contributed by atoms with van der Waals surface area (Å²) in [7, 11) is 0. The fraction of sp³-hybridized carbons (Fsp3) is 0. The Morgan fingerprint density at radius 3 is 2.76 bits per heavy atom. The summed E-state index contributed by atoms with van der Waals surface area (Å²) < 4.78 is 8.66. The highest BCUT2D eigenvalue weighted by atomic mass is 79.9. The number of aromatic nitrogens is 1.